The summed E-state index contributed by atoms with van der Waals surface area (Å²) in [7, 11) is 0. The van der Waals surface area contributed by atoms with E-state index in [-0.39, 0.29) is 0 Å². The fourth-order valence-electron chi connectivity index (χ4n) is 9.84. The Balaban J connectivity index is 1.06. The lowest BCUT2D eigenvalue weighted by Crippen LogP contribution is -2.10. The minimum absolute atomic E-state index is 0.818. The van der Waals surface area contributed by atoms with E-state index in [1.165, 1.54) is 37.9 Å². The zero-order valence-corrected chi connectivity index (χ0v) is 34.1. The Bertz CT molecular complexity index is 3910. The van der Waals surface area contributed by atoms with Gasteiger partial charge in [0.25, 0.3) is 0 Å². The standard InChI is InChI=1S/C60H37NO2/c1-2-13-40(14-3-1)48-32-33-49(57-51-18-8-10-20-55(51)62-59(48)57)50-34-35-54(60-58(50)52-19-9-11-21-56(52)63-60)61(46-31-28-42-24-23-41-15-6-7-17-47(41)53(42)37-46)45-29-26-39(27-30-45)44-25-22-38-12-4-5-16-43(38)36-44/h1-37H. The molecule has 0 aliphatic heterocycles. The van der Waals surface area contributed by atoms with E-state index < -0.39 is 0 Å². The van der Waals surface area contributed by atoms with Crippen molar-refractivity contribution in [2.75, 3.05) is 4.90 Å². The summed E-state index contributed by atoms with van der Waals surface area (Å²) >= 11 is 0. The predicted octanol–water partition coefficient (Wildman–Crippen LogP) is 17.4. The van der Waals surface area contributed by atoms with Crippen molar-refractivity contribution in [3.05, 3.63) is 224 Å². The van der Waals surface area contributed by atoms with Crippen LogP contribution < -0.4 is 4.90 Å². The van der Waals surface area contributed by atoms with Crippen LogP contribution in [0.4, 0.5) is 17.1 Å². The molecule has 13 rings (SSSR count). The lowest BCUT2D eigenvalue weighted by atomic mass is 9.92. The van der Waals surface area contributed by atoms with Gasteiger partial charge in [0.05, 0.1) is 5.69 Å². The fourth-order valence-corrected chi connectivity index (χ4v) is 9.84. The van der Waals surface area contributed by atoms with Gasteiger partial charge in [0.15, 0.2) is 5.58 Å². The molecule has 0 bridgehead atoms. The molecule has 0 atom stereocenters. The Morgan fingerprint density at radius 3 is 1.57 bits per heavy atom. The van der Waals surface area contributed by atoms with Gasteiger partial charge in [-0.1, -0.05) is 170 Å². The van der Waals surface area contributed by atoms with Crippen LogP contribution in [0.3, 0.4) is 0 Å². The maximum absolute atomic E-state index is 7.07. The van der Waals surface area contributed by atoms with Gasteiger partial charge in [0.2, 0.25) is 0 Å². The third-order valence-electron chi connectivity index (χ3n) is 12.8. The largest absolute Gasteiger partial charge is 0.455 e. The number of benzene rings is 11. The number of hydrogen-bond acceptors (Lipinski definition) is 3. The molecule has 0 saturated carbocycles. The molecule has 3 nitrogen and oxygen atoms in total. The minimum Gasteiger partial charge on any atom is -0.455 e. The first-order valence-corrected chi connectivity index (χ1v) is 21.5. The summed E-state index contributed by atoms with van der Waals surface area (Å²) in [6.07, 6.45) is 0. The summed E-state index contributed by atoms with van der Waals surface area (Å²) in [5.41, 5.74) is 13.1. The number of fused-ring (bicyclic) bond motifs is 10. The molecule has 0 aliphatic carbocycles. The number of nitrogens with zero attached hydrogens (tertiary/aromatic N) is 1. The zero-order valence-electron chi connectivity index (χ0n) is 34.1. The van der Waals surface area contributed by atoms with Crippen LogP contribution in [0.1, 0.15) is 0 Å². The molecule has 0 amide bonds. The molecule has 0 radical (unpaired) electrons. The van der Waals surface area contributed by atoms with Crippen molar-refractivity contribution >= 4 is 93.3 Å². The number of hydrogen-bond donors (Lipinski definition) is 0. The molecule has 0 spiro atoms. The van der Waals surface area contributed by atoms with Crippen molar-refractivity contribution < 1.29 is 8.83 Å². The van der Waals surface area contributed by atoms with Gasteiger partial charge in [-0.05, 0) is 115 Å². The number of para-hydroxylation sites is 2. The summed E-state index contributed by atoms with van der Waals surface area (Å²) in [6.45, 7) is 0. The van der Waals surface area contributed by atoms with E-state index in [9.17, 15) is 0 Å². The van der Waals surface area contributed by atoms with Gasteiger partial charge < -0.3 is 13.7 Å². The highest BCUT2D eigenvalue weighted by Crippen LogP contribution is 2.49. The smallest absolute Gasteiger partial charge is 0.160 e. The van der Waals surface area contributed by atoms with Gasteiger partial charge in [-0.3, -0.25) is 0 Å². The molecular weight excluding hydrogens is 767 g/mol. The maximum Gasteiger partial charge on any atom is 0.160 e. The summed E-state index contributed by atoms with van der Waals surface area (Å²) in [4.78, 5) is 2.36. The molecule has 294 valence electrons. The second kappa shape index (κ2) is 14.1. The third-order valence-corrected chi connectivity index (χ3v) is 12.8. The lowest BCUT2D eigenvalue weighted by Gasteiger charge is -2.27. The molecule has 0 aliphatic rings. The third kappa shape index (κ3) is 5.67. The monoisotopic (exact) mass is 803 g/mol. The van der Waals surface area contributed by atoms with Crippen molar-refractivity contribution in [1.29, 1.82) is 0 Å². The average molecular weight is 804 g/mol. The highest BCUT2D eigenvalue weighted by atomic mass is 16.3. The summed E-state index contributed by atoms with van der Waals surface area (Å²) in [5, 5.41) is 11.6. The van der Waals surface area contributed by atoms with Crippen molar-refractivity contribution in [1.82, 2.24) is 0 Å². The van der Waals surface area contributed by atoms with Crippen molar-refractivity contribution in [3.8, 4) is 33.4 Å². The Hall–Kier alpha value is -8.40. The van der Waals surface area contributed by atoms with E-state index in [0.29, 0.717) is 0 Å². The second-order valence-electron chi connectivity index (χ2n) is 16.4. The van der Waals surface area contributed by atoms with Gasteiger partial charge in [-0.25, -0.2) is 0 Å². The Kier molecular flexibility index (Phi) is 7.91. The van der Waals surface area contributed by atoms with Gasteiger partial charge >= 0.3 is 0 Å². The van der Waals surface area contributed by atoms with E-state index >= 15 is 0 Å². The molecule has 11 aromatic carbocycles. The zero-order chi connectivity index (χ0) is 41.4. The topological polar surface area (TPSA) is 29.5 Å². The first kappa shape index (κ1) is 35.4. The first-order valence-electron chi connectivity index (χ1n) is 21.5. The molecular formula is C60H37NO2. The summed E-state index contributed by atoms with van der Waals surface area (Å²) in [6, 6.07) is 80.4. The molecule has 0 N–H and O–H groups in total. The van der Waals surface area contributed by atoms with Gasteiger partial charge in [0, 0.05) is 38.5 Å². The fraction of sp³-hybridized carbons (Fsp3) is 0. The molecule has 0 unspecified atom stereocenters. The van der Waals surface area contributed by atoms with Crippen molar-refractivity contribution in [3.63, 3.8) is 0 Å². The molecule has 0 saturated heterocycles. The summed E-state index contributed by atoms with van der Waals surface area (Å²) in [5.74, 6) is 0. The Labute approximate surface area is 363 Å². The first-order chi connectivity index (χ1) is 31.2. The van der Waals surface area contributed by atoms with Crippen LogP contribution in [-0.4, -0.2) is 0 Å². The van der Waals surface area contributed by atoms with Crippen LogP contribution in [0.15, 0.2) is 233 Å². The Morgan fingerprint density at radius 2 is 0.810 bits per heavy atom. The lowest BCUT2D eigenvalue weighted by molar-refractivity contribution is 0.669. The van der Waals surface area contributed by atoms with E-state index in [2.05, 4.69) is 223 Å². The average Bonchev–Trinajstić information content (AvgIpc) is 3.94. The number of anilines is 3. The van der Waals surface area contributed by atoms with Gasteiger partial charge in [0.1, 0.15) is 16.7 Å². The number of rotatable bonds is 6. The predicted molar refractivity (Wildman–Crippen MR) is 265 cm³/mol. The Morgan fingerprint density at radius 1 is 0.286 bits per heavy atom. The van der Waals surface area contributed by atoms with Crippen molar-refractivity contribution in [2.45, 2.75) is 0 Å². The SMILES string of the molecule is c1ccc(-c2ccc(-c3ccc(N(c4ccc(-c5ccc6ccccc6c5)cc4)c4ccc5ccc6ccccc6c5c4)c4oc5ccccc5c34)c3c2oc2ccccc23)cc1. The molecule has 2 heterocycles. The number of furan rings is 2. The molecule has 0 fully saturated rings. The van der Waals surface area contributed by atoms with E-state index in [0.717, 1.165) is 88.8 Å². The summed E-state index contributed by atoms with van der Waals surface area (Å²) < 4.78 is 13.8. The van der Waals surface area contributed by atoms with Crippen molar-refractivity contribution in [2.24, 2.45) is 0 Å². The second-order valence-corrected chi connectivity index (χ2v) is 16.4. The van der Waals surface area contributed by atoms with Crippen LogP contribution in [0, 0.1) is 0 Å². The van der Waals surface area contributed by atoms with E-state index in [1.54, 1.807) is 0 Å². The van der Waals surface area contributed by atoms with Crippen LogP contribution >= 0.6 is 0 Å². The molecule has 13 aromatic rings. The maximum atomic E-state index is 7.07. The highest BCUT2D eigenvalue weighted by Gasteiger charge is 2.25. The van der Waals surface area contributed by atoms with Crippen LogP contribution in [0.25, 0.3) is 110 Å². The normalized spacial score (nSPS) is 11.8. The van der Waals surface area contributed by atoms with Gasteiger partial charge in [-0.15, -0.1) is 0 Å². The van der Waals surface area contributed by atoms with Crippen LogP contribution in [-0.2, 0) is 0 Å². The van der Waals surface area contributed by atoms with Gasteiger partial charge in [-0.2, -0.15) is 0 Å². The highest BCUT2D eigenvalue weighted by molar-refractivity contribution is 6.23. The molecule has 63 heavy (non-hydrogen) atoms. The van der Waals surface area contributed by atoms with Crippen LogP contribution in [0.2, 0.25) is 0 Å². The minimum atomic E-state index is 0.818. The van der Waals surface area contributed by atoms with E-state index in [4.69, 9.17) is 8.83 Å². The molecule has 2 aromatic heterocycles. The molecule has 3 heteroatoms. The quantitative estimate of drug-likeness (QED) is 0.157. The van der Waals surface area contributed by atoms with Crippen LogP contribution in [0.5, 0.6) is 0 Å². The van der Waals surface area contributed by atoms with E-state index in [1.807, 2.05) is 6.07 Å².